The first-order valence-corrected chi connectivity index (χ1v) is 7.78. The van der Waals surface area contributed by atoms with Crippen LogP contribution in [0.15, 0.2) is 0 Å². The summed E-state index contributed by atoms with van der Waals surface area (Å²) in [5.41, 5.74) is 0.0240. The Bertz CT molecular complexity index is 180. The maximum atomic E-state index is 5.47. The molecule has 0 spiro atoms. The Hall–Kier alpha value is -0.0800. The first kappa shape index (κ1) is 17.9. The van der Waals surface area contributed by atoms with Gasteiger partial charge in [0.2, 0.25) is 0 Å². The molecule has 1 unspecified atom stereocenters. The van der Waals surface area contributed by atoms with Crippen LogP contribution in [0.2, 0.25) is 0 Å². The molecule has 0 aliphatic rings. The van der Waals surface area contributed by atoms with E-state index in [1.54, 1.807) is 0 Å². The Balaban J connectivity index is 3.58. The lowest BCUT2D eigenvalue weighted by molar-refractivity contribution is 0.0116. The second-order valence-corrected chi connectivity index (χ2v) is 6.04. The molecule has 0 radical (unpaired) electrons. The van der Waals surface area contributed by atoms with E-state index < -0.39 is 0 Å². The van der Waals surface area contributed by atoms with Gasteiger partial charge in [-0.2, -0.15) is 0 Å². The molecule has 0 aromatic carbocycles. The van der Waals surface area contributed by atoms with Crippen LogP contribution in [-0.4, -0.2) is 25.8 Å². The summed E-state index contributed by atoms with van der Waals surface area (Å²) in [6.07, 6.45) is 12.0. The van der Waals surface area contributed by atoms with Gasteiger partial charge in [-0.05, 0) is 40.2 Å². The molecule has 0 fully saturated rings. The number of unbranched alkanes of at least 4 members (excludes halogenated alkanes) is 5. The molecule has 0 heterocycles. The lowest BCUT2D eigenvalue weighted by Crippen LogP contribution is -2.30. The number of rotatable bonds is 12. The molecule has 0 aromatic rings. The number of methoxy groups -OCH3 is 1. The summed E-state index contributed by atoms with van der Waals surface area (Å²) >= 11 is 0. The van der Waals surface area contributed by atoms with Crippen molar-refractivity contribution in [1.29, 1.82) is 0 Å². The van der Waals surface area contributed by atoms with Gasteiger partial charge < -0.3 is 10.1 Å². The van der Waals surface area contributed by atoms with Crippen LogP contribution in [0.3, 0.4) is 0 Å². The first-order valence-electron chi connectivity index (χ1n) is 7.78. The zero-order valence-electron chi connectivity index (χ0n) is 13.3. The maximum absolute atomic E-state index is 5.47. The smallest absolute Gasteiger partial charge is 0.0623 e. The van der Waals surface area contributed by atoms with Gasteiger partial charge in [-0.1, -0.05) is 45.4 Å². The summed E-state index contributed by atoms with van der Waals surface area (Å²) in [6.45, 7) is 6.61. The predicted molar refractivity (Wildman–Crippen MR) is 81.2 cm³/mol. The lowest BCUT2D eigenvalue weighted by Gasteiger charge is -2.25. The zero-order valence-corrected chi connectivity index (χ0v) is 13.3. The quantitative estimate of drug-likeness (QED) is 0.519. The number of hydrogen-bond acceptors (Lipinski definition) is 2. The van der Waals surface area contributed by atoms with E-state index in [4.69, 9.17) is 4.74 Å². The molecule has 2 heteroatoms. The van der Waals surface area contributed by atoms with Crippen molar-refractivity contribution in [2.45, 2.75) is 90.2 Å². The molecule has 0 aromatic heterocycles. The molecule has 0 aliphatic heterocycles. The number of hydrogen-bond donors (Lipinski definition) is 1. The fraction of sp³-hybridized carbons (Fsp3) is 1.00. The highest BCUT2D eigenvalue weighted by molar-refractivity contribution is 4.73. The summed E-state index contributed by atoms with van der Waals surface area (Å²) in [4.78, 5) is 0. The molecule has 1 N–H and O–H groups in total. The van der Waals surface area contributed by atoms with Crippen LogP contribution in [0.5, 0.6) is 0 Å². The molecule has 18 heavy (non-hydrogen) atoms. The normalized spacial score (nSPS) is 13.8. The molecular weight excluding hydrogens is 222 g/mol. The van der Waals surface area contributed by atoms with Crippen LogP contribution in [0.25, 0.3) is 0 Å². The van der Waals surface area contributed by atoms with E-state index in [1.165, 1.54) is 51.4 Å². The number of nitrogens with one attached hydrogen (secondary N) is 1. The lowest BCUT2D eigenvalue weighted by atomic mass is 9.96. The van der Waals surface area contributed by atoms with Crippen LogP contribution in [0, 0.1) is 0 Å². The van der Waals surface area contributed by atoms with E-state index in [-0.39, 0.29) is 5.60 Å². The molecule has 0 aliphatic carbocycles. The monoisotopic (exact) mass is 257 g/mol. The van der Waals surface area contributed by atoms with Gasteiger partial charge in [0.1, 0.15) is 0 Å². The fourth-order valence-corrected chi connectivity index (χ4v) is 2.23. The second kappa shape index (κ2) is 10.8. The minimum Gasteiger partial charge on any atom is -0.379 e. The van der Waals surface area contributed by atoms with Crippen molar-refractivity contribution in [2.75, 3.05) is 14.2 Å². The third kappa shape index (κ3) is 9.90. The summed E-state index contributed by atoms with van der Waals surface area (Å²) < 4.78 is 5.47. The summed E-state index contributed by atoms with van der Waals surface area (Å²) in [6, 6.07) is 0.658. The van der Waals surface area contributed by atoms with Crippen LogP contribution in [0.1, 0.15) is 78.6 Å². The Labute approximate surface area is 115 Å². The number of ether oxygens (including phenoxy) is 1. The van der Waals surface area contributed by atoms with Crippen molar-refractivity contribution in [3.8, 4) is 0 Å². The van der Waals surface area contributed by atoms with Gasteiger partial charge in [0.05, 0.1) is 5.60 Å². The minimum absolute atomic E-state index is 0.0240. The Kier molecular flexibility index (Phi) is 10.8. The van der Waals surface area contributed by atoms with Crippen molar-refractivity contribution in [1.82, 2.24) is 5.32 Å². The van der Waals surface area contributed by atoms with Gasteiger partial charge in [0.15, 0.2) is 0 Å². The van der Waals surface area contributed by atoms with Crippen molar-refractivity contribution in [2.24, 2.45) is 0 Å². The van der Waals surface area contributed by atoms with Gasteiger partial charge in [0, 0.05) is 13.2 Å². The van der Waals surface area contributed by atoms with Gasteiger partial charge in [-0.3, -0.25) is 0 Å². The molecule has 1 atom stereocenters. The van der Waals surface area contributed by atoms with Gasteiger partial charge in [-0.25, -0.2) is 0 Å². The molecule has 0 rings (SSSR count). The summed E-state index contributed by atoms with van der Waals surface area (Å²) in [5, 5.41) is 3.45. The third-order valence-corrected chi connectivity index (χ3v) is 3.96. The second-order valence-electron chi connectivity index (χ2n) is 6.04. The van der Waals surface area contributed by atoms with Crippen LogP contribution in [-0.2, 0) is 4.74 Å². The molecular formula is C16H35NO. The maximum Gasteiger partial charge on any atom is 0.0623 e. The minimum atomic E-state index is 0.0240. The van der Waals surface area contributed by atoms with Gasteiger partial charge in [-0.15, -0.1) is 0 Å². The van der Waals surface area contributed by atoms with Crippen molar-refractivity contribution in [3.05, 3.63) is 0 Å². The van der Waals surface area contributed by atoms with Crippen LogP contribution >= 0.6 is 0 Å². The highest BCUT2D eigenvalue weighted by Gasteiger charge is 2.18. The first-order chi connectivity index (χ1) is 8.55. The Morgan fingerprint density at radius 1 is 1.00 bits per heavy atom. The largest absolute Gasteiger partial charge is 0.379 e. The predicted octanol–water partition coefficient (Wildman–Crippen LogP) is 4.53. The third-order valence-electron chi connectivity index (χ3n) is 3.96. The zero-order chi connectivity index (χ0) is 13.9. The van der Waals surface area contributed by atoms with Crippen molar-refractivity contribution >= 4 is 0 Å². The standard InChI is InChI=1S/C16H35NO/c1-6-7-8-9-10-11-12-15(17-4)13-14-16(2,3)18-5/h15,17H,6-14H2,1-5H3. The molecule has 0 amide bonds. The fourth-order valence-electron chi connectivity index (χ4n) is 2.23. The topological polar surface area (TPSA) is 21.3 Å². The average Bonchev–Trinajstić information content (AvgIpc) is 2.37. The highest BCUT2D eigenvalue weighted by atomic mass is 16.5. The highest BCUT2D eigenvalue weighted by Crippen LogP contribution is 2.19. The Morgan fingerprint density at radius 2 is 1.61 bits per heavy atom. The average molecular weight is 257 g/mol. The van der Waals surface area contributed by atoms with E-state index >= 15 is 0 Å². The van der Waals surface area contributed by atoms with Gasteiger partial charge in [0.25, 0.3) is 0 Å². The van der Waals surface area contributed by atoms with E-state index in [0.717, 1.165) is 6.42 Å². The van der Waals surface area contributed by atoms with E-state index in [9.17, 15) is 0 Å². The molecule has 0 saturated carbocycles. The van der Waals surface area contributed by atoms with E-state index in [0.29, 0.717) is 6.04 Å². The summed E-state index contributed by atoms with van der Waals surface area (Å²) in [7, 11) is 3.89. The molecule has 2 nitrogen and oxygen atoms in total. The molecule has 0 saturated heterocycles. The SMILES string of the molecule is CCCCCCCCC(CCC(C)(C)OC)NC. The van der Waals surface area contributed by atoms with Crippen molar-refractivity contribution in [3.63, 3.8) is 0 Å². The Morgan fingerprint density at radius 3 is 2.17 bits per heavy atom. The molecule has 110 valence electrons. The van der Waals surface area contributed by atoms with E-state index in [1.807, 2.05) is 7.11 Å². The van der Waals surface area contributed by atoms with Crippen molar-refractivity contribution < 1.29 is 4.74 Å². The van der Waals surface area contributed by atoms with E-state index in [2.05, 4.69) is 33.1 Å². The van der Waals surface area contributed by atoms with Crippen LogP contribution < -0.4 is 5.32 Å². The summed E-state index contributed by atoms with van der Waals surface area (Å²) in [5.74, 6) is 0. The van der Waals surface area contributed by atoms with Gasteiger partial charge >= 0.3 is 0 Å². The van der Waals surface area contributed by atoms with Crippen LogP contribution in [0.4, 0.5) is 0 Å². The molecule has 0 bridgehead atoms.